The number of rotatable bonds is 5. The quantitative estimate of drug-likeness (QED) is 0.639. The molecule has 2 heterocycles. The van der Waals surface area contributed by atoms with Crippen LogP contribution >= 0.6 is 0 Å². The smallest absolute Gasteiger partial charge is 0.325 e. The van der Waals surface area contributed by atoms with Crippen molar-refractivity contribution in [3.05, 3.63) is 77.0 Å². The molecule has 3 amide bonds. The number of carbonyl (C=O) groups excluding carboxylic acids is 2. The number of benzene rings is 2. The summed E-state index contributed by atoms with van der Waals surface area (Å²) in [7, 11) is 0. The van der Waals surface area contributed by atoms with Crippen molar-refractivity contribution in [1.82, 2.24) is 20.2 Å². The lowest BCUT2D eigenvalue weighted by atomic mass is 10.0. The van der Waals surface area contributed by atoms with Crippen LogP contribution in [0, 0.1) is 24.1 Å². The second-order valence-corrected chi connectivity index (χ2v) is 7.12. The minimum absolute atomic E-state index is 0.0805. The van der Waals surface area contributed by atoms with Crippen LogP contribution in [0.15, 0.2) is 48.7 Å². The Kier molecular flexibility index (Phi) is 5.02. The number of hydrogen-bond acceptors (Lipinski definition) is 4. The van der Waals surface area contributed by atoms with Crippen molar-refractivity contribution in [2.75, 3.05) is 6.54 Å². The third-order valence-electron chi connectivity index (χ3n) is 5.03. The number of nitrogens with zero attached hydrogens (tertiary/aromatic N) is 3. The molecule has 1 fully saturated rings. The van der Waals surface area contributed by atoms with E-state index in [0.717, 1.165) is 16.0 Å². The van der Waals surface area contributed by atoms with E-state index < -0.39 is 12.1 Å². The van der Waals surface area contributed by atoms with Crippen molar-refractivity contribution >= 4 is 11.9 Å². The Balaban J connectivity index is 1.70. The maximum absolute atomic E-state index is 14.4. The Morgan fingerprint density at radius 3 is 2.63 bits per heavy atom. The van der Waals surface area contributed by atoms with Gasteiger partial charge >= 0.3 is 6.03 Å². The van der Waals surface area contributed by atoms with Crippen LogP contribution in [0.3, 0.4) is 0 Å². The van der Waals surface area contributed by atoms with Crippen molar-refractivity contribution in [1.29, 1.82) is 5.26 Å². The number of hydrogen-bond donors (Lipinski definition) is 2. The number of H-pyrrole nitrogens is 1. The molecule has 1 aliphatic rings. The number of aromatic amines is 1. The third-order valence-corrected chi connectivity index (χ3v) is 5.03. The topological polar surface area (TPSA) is 102 Å². The Morgan fingerprint density at radius 2 is 2.00 bits per heavy atom. The summed E-state index contributed by atoms with van der Waals surface area (Å²) < 4.78 is 14.4. The van der Waals surface area contributed by atoms with E-state index in [2.05, 4.69) is 21.4 Å². The summed E-state index contributed by atoms with van der Waals surface area (Å²) in [5.74, 6) is -0.373. The average molecular weight is 403 g/mol. The fourth-order valence-corrected chi connectivity index (χ4v) is 3.48. The zero-order valence-corrected chi connectivity index (χ0v) is 16.1. The summed E-state index contributed by atoms with van der Waals surface area (Å²) >= 11 is 0. The van der Waals surface area contributed by atoms with Crippen molar-refractivity contribution in [2.24, 2.45) is 0 Å². The Bertz CT molecular complexity index is 1150. The molecule has 1 aromatic heterocycles. The van der Waals surface area contributed by atoms with Gasteiger partial charge in [-0.1, -0.05) is 18.2 Å². The van der Waals surface area contributed by atoms with E-state index >= 15 is 0 Å². The summed E-state index contributed by atoms with van der Waals surface area (Å²) in [5.41, 5.74) is 2.95. The molecule has 30 heavy (non-hydrogen) atoms. The predicted octanol–water partition coefficient (Wildman–Crippen LogP) is 3.23. The van der Waals surface area contributed by atoms with Crippen LogP contribution in [-0.4, -0.2) is 33.4 Å². The van der Waals surface area contributed by atoms with Crippen molar-refractivity contribution in [3.63, 3.8) is 0 Å². The molecule has 8 heteroatoms. The van der Waals surface area contributed by atoms with E-state index in [4.69, 9.17) is 5.26 Å². The number of imidazole rings is 1. The molecule has 3 aromatic rings. The molecule has 0 unspecified atom stereocenters. The minimum atomic E-state index is -0.699. The van der Waals surface area contributed by atoms with Gasteiger partial charge in [0.1, 0.15) is 17.7 Å². The molecule has 1 atom stereocenters. The molecule has 0 aliphatic carbocycles. The molecule has 150 valence electrons. The van der Waals surface area contributed by atoms with Crippen LogP contribution in [0.4, 0.5) is 9.18 Å². The van der Waals surface area contributed by atoms with Gasteiger partial charge in [0.25, 0.3) is 5.91 Å². The van der Waals surface area contributed by atoms with Gasteiger partial charge in [0, 0.05) is 12.0 Å². The zero-order chi connectivity index (χ0) is 21.3. The van der Waals surface area contributed by atoms with Crippen LogP contribution in [-0.2, 0) is 11.2 Å². The molecular weight excluding hydrogens is 385 g/mol. The number of halogens is 1. The molecule has 7 nitrogen and oxygen atoms in total. The highest BCUT2D eigenvalue weighted by molar-refractivity contribution is 6.02. The van der Waals surface area contributed by atoms with Gasteiger partial charge in [-0.3, -0.25) is 9.69 Å². The number of amides is 3. The lowest BCUT2D eigenvalue weighted by molar-refractivity contribution is -0.126. The van der Waals surface area contributed by atoms with E-state index in [-0.39, 0.29) is 18.3 Å². The van der Waals surface area contributed by atoms with Gasteiger partial charge < -0.3 is 10.3 Å². The number of aryl methyl sites for hydroxylation is 1. The first-order chi connectivity index (χ1) is 14.5. The van der Waals surface area contributed by atoms with Crippen LogP contribution in [0.5, 0.6) is 0 Å². The van der Waals surface area contributed by atoms with Crippen LogP contribution in [0.2, 0.25) is 0 Å². The van der Waals surface area contributed by atoms with E-state index in [1.165, 1.54) is 12.3 Å². The maximum Gasteiger partial charge on any atom is 0.325 e. The van der Waals surface area contributed by atoms with Gasteiger partial charge in [0.05, 0.1) is 30.1 Å². The molecule has 0 radical (unpaired) electrons. The number of carbonyl (C=O) groups is 2. The van der Waals surface area contributed by atoms with Gasteiger partial charge in [-0.25, -0.2) is 14.2 Å². The fourth-order valence-electron chi connectivity index (χ4n) is 3.48. The van der Waals surface area contributed by atoms with Crippen LogP contribution in [0.1, 0.15) is 28.6 Å². The van der Waals surface area contributed by atoms with E-state index in [1.807, 2.05) is 0 Å². The first-order valence-electron chi connectivity index (χ1n) is 9.36. The number of nitriles is 1. The van der Waals surface area contributed by atoms with Gasteiger partial charge in [-0.05, 0) is 42.3 Å². The first kappa shape index (κ1) is 19.3. The predicted molar refractivity (Wildman–Crippen MR) is 107 cm³/mol. The van der Waals surface area contributed by atoms with Crippen LogP contribution in [0.25, 0.3) is 11.3 Å². The third kappa shape index (κ3) is 3.65. The van der Waals surface area contributed by atoms with Crippen molar-refractivity contribution < 1.29 is 14.0 Å². The maximum atomic E-state index is 14.4. The Morgan fingerprint density at radius 1 is 1.23 bits per heavy atom. The number of urea groups is 1. The summed E-state index contributed by atoms with van der Waals surface area (Å²) in [6.07, 6.45) is 1.79. The van der Waals surface area contributed by atoms with Gasteiger partial charge in [-0.15, -0.1) is 0 Å². The minimum Gasteiger partial charge on any atom is -0.340 e. The normalized spacial score (nSPS) is 14.5. The number of aromatic nitrogens is 2. The lowest BCUT2D eigenvalue weighted by Crippen LogP contribution is -2.36. The van der Waals surface area contributed by atoms with Crippen LogP contribution < -0.4 is 5.32 Å². The molecule has 1 saturated heterocycles. The molecule has 0 bridgehead atoms. The summed E-state index contributed by atoms with van der Waals surface area (Å²) in [6.45, 7) is 1.72. The Hall–Kier alpha value is -3.99. The van der Waals surface area contributed by atoms with E-state index in [9.17, 15) is 14.0 Å². The average Bonchev–Trinajstić information content (AvgIpc) is 3.34. The molecule has 2 aromatic carbocycles. The van der Waals surface area contributed by atoms with Crippen molar-refractivity contribution in [3.8, 4) is 17.3 Å². The van der Waals surface area contributed by atoms with Crippen molar-refractivity contribution in [2.45, 2.75) is 19.4 Å². The second kappa shape index (κ2) is 7.79. The number of nitrogens with one attached hydrogen (secondary N) is 2. The standard InChI is InChI=1S/C22H18FN5O2/c1-13-2-7-16(17(23)8-13)18-11-25-21(27-18)19(28-20(29)12-26-22(28)30)9-14-3-5-15(10-24)6-4-14/h2-8,11,19H,9,12H2,1H3,(H,25,27)(H,26,30)/t19-/m0/s1. The molecular formula is C22H18FN5O2. The summed E-state index contributed by atoms with van der Waals surface area (Å²) in [4.78, 5) is 33.2. The zero-order valence-electron chi connectivity index (χ0n) is 16.1. The highest BCUT2D eigenvalue weighted by Crippen LogP contribution is 2.29. The first-order valence-corrected chi connectivity index (χ1v) is 9.36. The fraction of sp³-hybridized carbons (Fsp3) is 0.182. The summed E-state index contributed by atoms with van der Waals surface area (Å²) in [5, 5.41) is 11.5. The SMILES string of the molecule is Cc1ccc(-c2cnc([C@H](Cc3ccc(C#N)cc3)N3C(=O)CNC3=O)[nH]2)c(F)c1. The van der Waals surface area contributed by atoms with Gasteiger partial charge in [0.15, 0.2) is 0 Å². The Labute approximate surface area is 172 Å². The highest BCUT2D eigenvalue weighted by Gasteiger charge is 2.37. The molecule has 2 N–H and O–H groups in total. The summed E-state index contributed by atoms with van der Waals surface area (Å²) in [6, 6.07) is 12.6. The molecule has 0 saturated carbocycles. The van der Waals surface area contributed by atoms with E-state index in [0.29, 0.717) is 29.1 Å². The molecule has 1 aliphatic heterocycles. The molecule has 4 rings (SSSR count). The largest absolute Gasteiger partial charge is 0.340 e. The van der Waals surface area contributed by atoms with Gasteiger partial charge in [-0.2, -0.15) is 5.26 Å². The van der Waals surface area contributed by atoms with Gasteiger partial charge in [0.2, 0.25) is 0 Å². The highest BCUT2D eigenvalue weighted by atomic mass is 19.1. The number of imide groups is 1. The lowest BCUT2D eigenvalue weighted by Gasteiger charge is -2.23. The monoisotopic (exact) mass is 403 g/mol. The molecule has 0 spiro atoms. The van der Waals surface area contributed by atoms with E-state index in [1.54, 1.807) is 43.3 Å². The second-order valence-electron chi connectivity index (χ2n) is 7.12.